The van der Waals surface area contributed by atoms with Crippen LogP contribution in [0.5, 0.6) is 11.5 Å². The zero-order valence-electron chi connectivity index (χ0n) is 19.7. The van der Waals surface area contributed by atoms with Crippen LogP contribution in [0.2, 0.25) is 0 Å². The molecule has 0 saturated carbocycles. The molecule has 0 aliphatic carbocycles. The van der Waals surface area contributed by atoms with Crippen molar-refractivity contribution in [1.29, 1.82) is 0 Å². The number of hydrogen-bond donors (Lipinski definition) is 2. The number of piperazine rings is 1. The highest BCUT2D eigenvalue weighted by Crippen LogP contribution is 2.32. The lowest BCUT2D eigenvalue weighted by Crippen LogP contribution is -2.54. The molecule has 0 radical (unpaired) electrons. The van der Waals surface area contributed by atoms with Crippen molar-refractivity contribution in [3.05, 3.63) is 78.4 Å². The van der Waals surface area contributed by atoms with E-state index in [1.807, 2.05) is 42.5 Å². The van der Waals surface area contributed by atoms with Crippen molar-refractivity contribution in [3.63, 3.8) is 0 Å². The molecular formula is C26H31N3O4S. The number of rotatable bonds is 8. The number of anilines is 2. The zero-order chi connectivity index (χ0) is 24.1. The van der Waals surface area contributed by atoms with Gasteiger partial charge in [-0.3, -0.25) is 4.72 Å². The molecule has 3 aromatic rings. The topological polar surface area (TPSA) is 79.9 Å². The number of methoxy groups -OCH3 is 1. The molecule has 0 bridgehead atoms. The van der Waals surface area contributed by atoms with Crippen molar-refractivity contribution < 1.29 is 17.9 Å². The van der Waals surface area contributed by atoms with Gasteiger partial charge < -0.3 is 19.7 Å². The summed E-state index contributed by atoms with van der Waals surface area (Å²) in [6, 6.07) is 22.5. The molecule has 1 saturated heterocycles. The van der Waals surface area contributed by atoms with Gasteiger partial charge in [0.05, 0.1) is 17.7 Å². The predicted octanol–water partition coefficient (Wildman–Crippen LogP) is 4.26. The normalized spacial score (nSPS) is 18.4. The first-order chi connectivity index (χ1) is 16.3. The third-order valence-electron chi connectivity index (χ3n) is 5.73. The highest BCUT2D eigenvalue weighted by Gasteiger charge is 2.23. The molecule has 0 amide bonds. The summed E-state index contributed by atoms with van der Waals surface area (Å²) in [5, 5.41) is 3.51. The van der Waals surface area contributed by atoms with Gasteiger partial charge in [0, 0.05) is 30.9 Å². The fourth-order valence-electron chi connectivity index (χ4n) is 4.17. The summed E-state index contributed by atoms with van der Waals surface area (Å²) in [4.78, 5) is 2.40. The van der Waals surface area contributed by atoms with Gasteiger partial charge in [-0.2, -0.15) is 0 Å². The van der Waals surface area contributed by atoms with Gasteiger partial charge in [-0.05, 0) is 61.9 Å². The van der Waals surface area contributed by atoms with E-state index in [0.717, 1.165) is 24.3 Å². The summed E-state index contributed by atoms with van der Waals surface area (Å²) in [6.45, 7) is 6.38. The summed E-state index contributed by atoms with van der Waals surface area (Å²) in [5.41, 5.74) is 2.40. The lowest BCUT2D eigenvalue weighted by molar-refractivity contribution is 0.306. The molecule has 180 valence electrons. The maximum Gasteiger partial charge on any atom is 0.262 e. The van der Waals surface area contributed by atoms with Crippen molar-refractivity contribution in [2.45, 2.75) is 37.4 Å². The standard InChI is InChI=1S/C26H31N3O4S/c1-19-16-29(17-20(2)27-19)22-9-14-26(32-3)25(15-22)28-34(30,31)24-12-10-23(11-13-24)33-18-21-7-5-4-6-8-21/h4-15,19-20,27-28H,16-18H2,1-3H3/t19-,20+. The smallest absolute Gasteiger partial charge is 0.262 e. The maximum atomic E-state index is 13.1. The Kier molecular flexibility index (Phi) is 7.29. The average molecular weight is 482 g/mol. The van der Waals surface area contributed by atoms with Gasteiger partial charge in [-0.25, -0.2) is 8.42 Å². The van der Waals surface area contributed by atoms with Gasteiger partial charge in [0.2, 0.25) is 0 Å². The zero-order valence-corrected chi connectivity index (χ0v) is 20.5. The van der Waals surface area contributed by atoms with Gasteiger partial charge in [0.25, 0.3) is 10.0 Å². The van der Waals surface area contributed by atoms with E-state index in [2.05, 4.69) is 28.8 Å². The first-order valence-corrected chi connectivity index (χ1v) is 12.8. The van der Waals surface area contributed by atoms with Crippen LogP contribution in [-0.4, -0.2) is 40.7 Å². The molecule has 0 spiro atoms. The van der Waals surface area contributed by atoms with E-state index in [9.17, 15) is 8.42 Å². The number of sulfonamides is 1. The Morgan fingerprint density at radius 1 is 0.971 bits per heavy atom. The second-order valence-electron chi connectivity index (χ2n) is 8.61. The summed E-state index contributed by atoms with van der Waals surface area (Å²) in [6.07, 6.45) is 0. The molecule has 7 nitrogen and oxygen atoms in total. The fraction of sp³-hybridized carbons (Fsp3) is 0.308. The van der Waals surface area contributed by atoms with Crippen LogP contribution in [0.3, 0.4) is 0 Å². The van der Waals surface area contributed by atoms with Crippen LogP contribution in [0, 0.1) is 0 Å². The second-order valence-corrected chi connectivity index (χ2v) is 10.3. The molecule has 3 aromatic carbocycles. The van der Waals surface area contributed by atoms with E-state index in [1.54, 1.807) is 30.3 Å². The number of benzene rings is 3. The van der Waals surface area contributed by atoms with Crippen molar-refractivity contribution in [2.24, 2.45) is 0 Å². The Morgan fingerprint density at radius 3 is 2.29 bits per heavy atom. The number of nitrogens with one attached hydrogen (secondary N) is 2. The van der Waals surface area contributed by atoms with Crippen LogP contribution in [0.1, 0.15) is 19.4 Å². The van der Waals surface area contributed by atoms with E-state index in [0.29, 0.717) is 35.9 Å². The molecule has 0 unspecified atom stereocenters. The minimum atomic E-state index is -3.82. The minimum absolute atomic E-state index is 0.149. The van der Waals surface area contributed by atoms with E-state index in [4.69, 9.17) is 9.47 Å². The first-order valence-electron chi connectivity index (χ1n) is 11.3. The lowest BCUT2D eigenvalue weighted by atomic mass is 10.1. The predicted molar refractivity (Wildman–Crippen MR) is 135 cm³/mol. The summed E-state index contributed by atoms with van der Waals surface area (Å²) >= 11 is 0. The lowest BCUT2D eigenvalue weighted by Gasteiger charge is -2.38. The largest absolute Gasteiger partial charge is 0.495 e. The average Bonchev–Trinajstić information content (AvgIpc) is 2.83. The summed E-state index contributed by atoms with van der Waals surface area (Å²) in [7, 11) is -2.29. The fourth-order valence-corrected chi connectivity index (χ4v) is 5.23. The van der Waals surface area contributed by atoms with Crippen LogP contribution in [-0.2, 0) is 16.6 Å². The Hall–Kier alpha value is -3.23. The van der Waals surface area contributed by atoms with Crippen LogP contribution in [0.4, 0.5) is 11.4 Å². The molecule has 1 aliphatic rings. The van der Waals surface area contributed by atoms with Gasteiger partial charge in [0.1, 0.15) is 18.1 Å². The Balaban J connectivity index is 1.49. The highest BCUT2D eigenvalue weighted by atomic mass is 32.2. The van der Waals surface area contributed by atoms with E-state index in [-0.39, 0.29) is 4.90 Å². The molecule has 1 heterocycles. The summed E-state index contributed by atoms with van der Waals surface area (Å²) in [5.74, 6) is 1.07. The van der Waals surface area contributed by atoms with Crippen LogP contribution >= 0.6 is 0 Å². The molecular weight excluding hydrogens is 450 g/mol. The molecule has 0 aromatic heterocycles. The quantitative estimate of drug-likeness (QED) is 0.501. The number of hydrogen-bond acceptors (Lipinski definition) is 6. The third kappa shape index (κ3) is 5.81. The molecule has 2 N–H and O–H groups in total. The van der Waals surface area contributed by atoms with Crippen LogP contribution < -0.4 is 24.4 Å². The highest BCUT2D eigenvalue weighted by molar-refractivity contribution is 7.92. The summed E-state index contributed by atoms with van der Waals surface area (Å²) < 4.78 is 40.1. The van der Waals surface area contributed by atoms with Crippen molar-refractivity contribution in [3.8, 4) is 11.5 Å². The molecule has 1 fully saturated rings. The van der Waals surface area contributed by atoms with Crippen molar-refractivity contribution >= 4 is 21.4 Å². The Bertz CT molecular complexity index is 1190. The van der Waals surface area contributed by atoms with E-state index in [1.165, 1.54) is 7.11 Å². The van der Waals surface area contributed by atoms with Crippen LogP contribution in [0.25, 0.3) is 0 Å². The second kappa shape index (κ2) is 10.4. The van der Waals surface area contributed by atoms with Crippen molar-refractivity contribution in [1.82, 2.24) is 5.32 Å². The Morgan fingerprint density at radius 2 is 1.65 bits per heavy atom. The van der Waals surface area contributed by atoms with Crippen LogP contribution in [0.15, 0.2) is 77.7 Å². The molecule has 34 heavy (non-hydrogen) atoms. The molecule has 8 heteroatoms. The monoisotopic (exact) mass is 481 g/mol. The Labute approximate surface area is 201 Å². The number of nitrogens with zero attached hydrogens (tertiary/aromatic N) is 1. The molecule has 2 atom stereocenters. The molecule has 1 aliphatic heterocycles. The number of ether oxygens (including phenoxy) is 2. The van der Waals surface area contributed by atoms with Gasteiger partial charge in [0.15, 0.2) is 0 Å². The minimum Gasteiger partial charge on any atom is -0.495 e. The van der Waals surface area contributed by atoms with E-state index >= 15 is 0 Å². The van der Waals surface area contributed by atoms with Gasteiger partial charge in [-0.1, -0.05) is 30.3 Å². The van der Waals surface area contributed by atoms with Crippen molar-refractivity contribution in [2.75, 3.05) is 29.8 Å². The third-order valence-corrected chi connectivity index (χ3v) is 7.11. The first kappa shape index (κ1) is 23.9. The SMILES string of the molecule is COc1ccc(N2C[C@@H](C)N[C@@H](C)C2)cc1NS(=O)(=O)c1ccc(OCc2ccccc2)cc1. The van der Waals surface area contributed by atoms with Gasteiger partial charge in [-0.15, -0.1) is 0 Å². The van der Waals surface area contributed by atoms with Gasteiger partial charge >= 0.3 is 0 Å². The maximum absolute atomic E-state index is 13.1. The van der Waals surface area contributed by atoms with E-state index < -0.39 is 10.0 Å². The molecule has 4 rings (SSSR count).